The Labute approximate surface area is 126 Å². The second-order valence-corrected chi connectivity index (χ2v) is 5.54. The minimum absolute atomic E-state index is 0. The molecule has 0 N–H and O–H groups in total. The van der Waals surface area contributed by atoms with E-state index in [1.165, 1.54) is 0 Å². The molecule has 17 heavy (non-hydrogen) atoms. The second kappa shape index (κ2) is 17.0. The van der Waals surface area contributed by atoms with Gasteiger partial charge in [0.1, 0.15) is 0 Å². The van der Waals surface area contributed by atoms with Crippen molar-refractivity contribution in [1.82, 2.24) is 0 Å². The summed E-state index contributed by atoms with van der Waals surface area (Å²) in [6, 6.07) is 0. The van der Waals surface area contributed by atoms with Crippen LogP contribution in [0, 0.1) is 0 Å². The van der Waals surface area contributed by atoms with Crippen molar-refractivity contribution >= 4 is 34.0 Å². The molecule has 0 aromatic carbocycles. The molecule has 0 saturated carbocycles. The molecule has 0 saturated heterocycles. The first-order valence-corrected chi connectivity index (χ1v) is 8.11. The van der Waals surface area contributed by atoms with Crippen molar-refractivity contribution in [3.05, 3.63) is 0 Å². The third kappa shape index (κ3) is 15.0. The number of hydrogen-bond donors (Lipinski definition) is 0. The standard InChI is InChI=1S/3C4H9O.Al.Li.H2.H/c3*1-2-3-4-5;;;;/h3*2-4H2,1H3;;;1H;/q3*-1;+3;;;. The summed E-state index contributed by atoms with van der Waals surface area (Å²) >= 11 is -1.83. The van der Waals surface area contributed by atoms with Crippen LogP contribution in [0.3, 0.4) is 0 Å². The SMILES string of the molecule is CCCC[O][Al]([O]CCCC)[O]CCCC.[HH].[LiH]. The van der Waals surface area contributed by atoms with Crippen LogP contribution in [-0.4, -0.2) is 53.8 Å². The third-order valence-electron chi connectivity index (χ3n) is 2.26. The van der Waals surface area contributed by atoms with Crippen LogP contribution in [0.4, 0.5) is 0 Å². The van der Waals surface area contributed by atoms with Gasteiger partial charge in [0, 0.05) is 21.2 Å². The zero-order valence-electron chi connectivity index (χ0n) is 11.2. The molecule has 100 valence electrons. The van der Waals surface area contributed by atoms with Crippen molar-refractivity contribution in [2.75, 3.05) is 19.8 Å². The van der Waals surface area contributed by atoms with Gasteiger partial charge in [-0.05, 0) is 19.3 Å². The molecular formula is C12H30AlLiO3. The van der Waals surface area contributed by atoms with E-state index in [2.05, 4.69) is 20.8 Å². The fourth-order valence-electron chi connectivity index (χ4n) is 1.12. The van der Waals surface area contributed by atoms with Crippen LogP contribution >= 0.6 is 0 Å². The summed E-state index contributed by atoms with van der Waals surface area (Å²) in [5, 5.41) is 0. The van der Waals surface area contributed by atoms with Gasteiger partial charge >= 0.3 is 34.0 Å². The van der Waals surface area contributed by atoms with Crippen molar-refractivity contribution in [3.8, 4) is 0 Å². The molecule has 3 nitrogen and oxygen atoms in total. The summed E-state index contributed by atoms with van der Waals surface area (Å²) in [6.45, 7) is 8.84. The zero-order valence-corrected chi connectivity index (χ0v) is 12.3. The summed E-state index contributed by atoms with van der Waals surface area (Å²) in [6.07, 6.45) is 6.76. The Hall–Kier alpha value is 1.01. The molecule has 0 aromatic rings. The summed E-state index contributed by atoms with van der Waals surface area (Å²) in [5.74, 6) is 0. The second-order valence-electron chi connectivity index (χ2n) is 3.96. The van der Waals surface area contributed by atoms with Crippen LogP contribution in [0.5, 0.6) is 0 Å². The van der Waals surface area contributed by atoms with Gasteiger partial charge in [-0.2, -0.15) is 0 Å². The fraction of sp³-hybridized carbons (Fsp3) is 1.00. The van der Waals surface area contributed by atoms with E-state index in [1.54, 1.807) is 0 Å². The summed E-state index contributed by atoms with van der Waals surface area (Å²) in [4.78, 5) is 0. The maximum absolute atomic E-state index is 5.67. The van der Waals surface area contributed by atoms with Crippen LogP contribution in [-0.2, 0) is 11.4 Å². The molecule has 0 aliphatic carbocycles. The molecule has 0 fully saturated rings. The Morgan fingerprint density at radius 1 is 0.706 bits per heavy atom. The first kappa shape index (κ1) is 20.3. The van der Waals surface area contributed by atoms with Crippen LogP contribution in [0.15, 0.2) is 0 Å². The molecule has 0 unspecified atom stereocenters. The first-order valence-electron chi connectivity index (χ1n) is 6.69. The molecular weight excluding hydrogens is 226 g/mol. The molecule has 0 heterocycles. The van der Waals surface area contributed by atoms with Gasteiger partial charge in [-0.1, -0.05) is 40.0 Å². The molecule has 0 radical (unpaired) electrons. The van der Waals surface area contributed by atoms with Gasteiger partial charge in [-0.3, -0.25) is 0 Å². The minimum atomic E-state index is -1.83. The van der Waals surface area contributed by atoms with Gasteiger partial charge in [-0.25, -0.2) is 0 Å². The predicted molar refractivity (Wildman–Crippen MR) is 77.6 cm³/mol. The molecule has 5 heteroatoms. The summed E-state index contributed by atoms with van der Waals surface area (Å²) in [5.41, 5.74) is 0. The van der Waals surface area contributed by atoms with Crippen LogP contribution < -0.4 is 0 Å². The molecule has 0 spiro atoms. The van der Waals surface area contributed by atoms with Crippen LogP contribution in [0.25, 0.3) is 0 Å². The maximum atomic E-state index is 5.67. The molecule has 0 aliphatic heterocycles. The van der Waals surface area contributed by atoms with E-state index < -0.39 is 15.1 Å². The summed E-state index contributed by atoms with van der Waals surface area (Å²) < 4.78 is 17.0. The predicted octanol–water partition coefficient (Wildman–Crippen LogP) is 3.02. The van der Waals surface area contributed by atoms with Gasteiger partial charge < -0.3 is 11.4 Å². The van der Waals surface area contributed by atoms with E-state index in [1.807, 2.05) is 0 Å². The molecule has 0 atom stereocenters. The Bertz CT molecular complexity index is 121. The Morgan fingerprint density at radius 2 is 1.00 bits per heavy atom. The molecule has 0 aliphatic rings. The molecule has 0 rings (SSSR count). The molecule has 0 aromatic heterocycles. The number of rotatable bonds is 12. The van der Waals surface area contributed by atoms with E-state index >= 15 is 0 Å². The van der Waals surface area contributed by atoms with E-state index in [0.717, 1.165) is 58.3 Å². The van der Waals surface area contributed by atoms with E-state index in [0.29, 0.717) is 0 Å². The Kier molecular flexibility index (Phi) is 20.3. The Balaban J connectivity index is -0.00000112. The van der Waals surface area contributed by atoms with Gasteiger partial charge in [0.25, 0.3) is 0 Å². The van der Waals surface area contributed by atoms with Crippen LogP contribution in [0.1, 0.15) is 60.7 Å². The topological polar surface area (TPSA) is 27.7 Å². The van der Waals surface area contributed by atoms with E-state index in [9.17, 15) is 0 Å². The summed E-state index contributed by atoms with van der Waals surface area (Å²) in [7, 11) is 0. The van der Waals surface area contributed by atoms with E-state index in [4.69, 9.17) is 11.4 Å². The van der Waals surface area contributed by atoms with Gasteiger partial charge in [-0.15, -0.1) is 0 Å². The monoisotopic (exact) mass is 256 g/mol. The van der Waals surface area contributed by atoms with Crippen molar-refractivity contribution in [2.45, 2.75) is 59.3 Å². The van der Waals surface area contributed by atoms with Crippen molar-refractivity contribution in [3.63, 3.8) is 0 Å². The third-order valence-corrected chi connectivity index (χ3v) is 3.78. The van der Waals surface area contributed by atoms with Crippen molar-refractivity contribution < 1.29 is 12.8 Å². The Morgan fingerprint density at radius 3 is 1.24 bits per heavy atom. The average molecular weight is 256 g/mol. The fourth-order valence-corrected chi connectivity index (χ4v) is 2.48. The quantitative estimate of drug-likeness (QED) is 0.397. The number of unbranched alkanes of at least 4 members (excludes halogenated alkanes) is 3. The van der Waals surface area contributed by atoms with Crippen LogP contribution in [0.2, 0.25) is 0 Å². The average Bonchev–Trinajstić information content (AvgIpc) is 2.29. The van der Waals surface area contributed by atoms with Gasteiger partial charge in [0.2, 0.25) is 0 Å². The molecule has 0 amide bonds. The van der Waals surface area contributed by atoms with E-state index in [-0.39, 0.29) is 20.3 Å². The molecule has 0 bridgehead atoms. The van der Waals surface area contributed by atoms with Gasteiger partial charge in [0.05, 0.1) is 0 Å². The number of hydrogen-bond acceptors (Lipinski definition) is 3. The zero-order chi connectivity index (χ0) is 12.1. The van der Waals surface area contributed by atoms with Gasteiger partial charge in [0.15, 0.2) is 0 Å². The first-order chi connectivity index (χ1) is 7.85. The normalized spacial score (nSPS) is 10.1. The van der Waals surface area contributed by atoms with Crippen molar-refractivity contribution in [2.24, 2.45) is 0 Å². The van der Waals surface area contributed by atoms with Crippen molar-refractivity contribution in [1.29, 1.82) is 0 Å².